The summed E-state index contributed by atoms with van der Waals surface area (Å²) in [5.74, 6) is -2.27. The molecule has 12 nitrogen and oxygen atoms in total. The van der Waals surface area contributed by atoms with Gasteiger partial charge in [0.1, 0.15) is 18.7 Å². The van der Waals surface area contributed by atoms with E-state index in [9.17, 15) is 29.1 Å². The molecule has 47 heavy (non-hydrogen) atoms. The maximum atomic E-state index is 13.7. The van der Waals surface area contributed by atoms with Crippen LogP contribution in [0.15, 0.2) is 23.0 Å². The average molecular weight is 644 g/mol. The third-order valence-electron chi connectivity index (χ3n) is 9.71. The standard InChI is InChI=1S/C35H41N5O7/c1-7-35(46)23-13-26-29-21(14-40(26)33(44)22(23)15-47-34(35)45)19-9-8-10-20-24(11-12-25(37-29)27(19)20)38-31(42)18(6)36-32(43)28(16(2)3)39-30(41)17(4)5/h11-13,16-18,28,46H,7-10,14-15H2,1-6H3,(H,36,43)(H,38,42)(H,39,41)/t18-,28-,35-/m0/s1. The Labute approximate surface area is 272 Å². The lowest BCUT2D eigenvalue weighted by Crippen LogP contribution is -2.54. The number of esters is 1. The molecular formula is C35H41N5O7. The van der Waals surface area contributed by atoms with Crippen molar-refractivity contribution in [2.45, 2.75) is 98.1 Å². The summed E-state index contributed by atoms with van der Waals surface area (Å²) in [6, 6.07) is 3.71. The Bertz CT molecular complexity index is 1910. The minimum absolute atomic E-state index is 0.0676. The van der Waals surface area contributed by atoms with Crippen LogP contribution in [0.1, 0.15) is 82.2 Å². The van der Waals surface area contributed by atoms with Gasteiger partial charge in [0.25, 0.3) is 5.56 Å². The predicted octanol–water partition coefficient (Wildman–Crippen LogP) is 2.81. The number of cyclic esters (lactones) is 1. The Balaban J connectivity index is 1.31. The molecule has 4 N–H and O–H groups in total. The maximum absolute atomic E-state index is 13.7. The minimum atomic E-state index is -1.90. The van der Waals surface area contributed by atoms with E-state index in [1.165, 1.54) is 0 Å². The predicted molar refractivity (Wildman–Crippen MR) is 174 cm³/mol. The van der Waals surface area contributed by atoms with Crippen molar-refractivity contribution in [3.8, 4) is 11.4 Å². The van der Waals surface area contributed by atoms with Crippen LogP contribution in [0.25, 0.3) is 22.3 Å². The molecule has 0 saturated carbocycles. The van der Waals surface area contributed by atoms with Gasteiger partial charge in [-0.1, -0.05) is 34.6 Å². The highest BCUT2D eigenvalue weighted by Crippen LogP contribution is 2.43. The van der Waals surface area contributed by atoms with Crippen molar-refractivity contribution < 1.29 is 29.0 Å². The number of hydrogen-bond donors (Lipinski definition) is 4. The molecule has 2 aromatic heterocycles. The summed E-state index contributed by atoms with van der Waals surface area (Å²) in [6.45, 7) is 10.6. The first-order valence-corrected chi connectivity index (χ1v) is 16.3. The second kappa shape index (κ2) is 11.9. The van der Waals surface area contributed by atoms with Gasteiger partial charge in [-0.25, -0.2) is 9.78 Å². The number of aliphatic hydroxyl groups is 1. The summed E-state index contributed by atoms with van der Waals surface area (Å²) in [4.78, 5) is 69.9. The molecule has 6 rings (SSSR count). The van der Waals surface area contributed by atoms with E-state index in [4.69, 9.17) is 9.72 Å². The lowest BCUT2D eigenvalue weighted by Gasteiger charge is -2.31. The Kier molecular flexibility index (Phi) is 8.19. The number of amides is 3. The quantitative estimate of drug-likeness (QED) is 0.213. The zero-order chi connectivity index (χ0) is 33.9. The average Bonchev–Trinajstić information content (AvgIpc) is 3.41. The summed E-state index contributed by atoms with van der Waals surface area (Å²) in [5, 5.41) is 20.7. The van der Waals surface area contributed by atoms with Crippen LogP contribution < -0.4 is 21.5 Å². The van der Waals surface area contributed by atoms with E-state index in [1.54, 1.807) is 44.4 Å². The molecule has 2 aliphatic heterocycles. The van der Waals surface area contributed by atoms with E-state index in [0.717, 1.165) is 40.4 Å². The Hall–Kier alpha value is -4.58. The first-order chi connectivity index (χ1) is 22.3. The fourth-order valence-electron chi connectivity index (χ4n) is 6.90. The molecule has 1 aliphatic carbocycles. The van der Waals surface area contributed by atoms with Gasteiger partial charge in [-0.2, -0.15) is 0 Å². The van der Waals surface area contributed by atoms with Gasteiger partial charge in [0.15, 0.2) is 5.60 Å². The molecule has 0 fully saturated rings. The van der Waals surface area contributed by atoms with Crippen molar-refractivity contribution in [1.29, 1.82) is 0 Å². The van der Waals surface area contributed by atoms with Crippen LogP contribution in [0.5, 0.6) is 0 Å². The van der Waals surface area contributed by atoms with Crippen LogP contribution in [0, 0.1) is 11.8 Å². The molecule has 0 radical (unpaired) electrons. The number of anilines is 1. The highest BCUT2D eigenvalue weighted by atomic mass is 16.6. The maximum Gasteiger partial charge on any atom is 0.343 e. The first kappa shape index (κ1) is 32.4. The van der Waals surface area contributed by atoms with Gasteiger partial charge in [0.2, 0.25) is 17.7 Å². The van der Waals surface area contributed by atoms with Crippen molar-refractivity contribution >= 4 is 40.3 Å². The van der Waals surface area contributed by atoms with Crippen LogP contribution in [0.2, 0.25) is 0 Å². The van der Waals surface area contributed by atoms with E-state index < -0.39 is 35.5 Å². The number of aromatic nitrogens is 2. The SMILES string of the molecule is CC[C@@]1(O)C(=O)OCc2c1cc1n(c2=O)Cc2c-1nc1ccc(NC(=O)[C@H](C)NC(=O)[C@@H](NC(=O)C(C)C)C(C)C)c3c1c2CCC3. The first-order valence-electron chi connectivity index (χ1n) is 16.3. The van der Waals surface area contributed by atoms with E-state index in [1.807, 2.05) is 19.9 Å². The largest absolute Gasteiger partial charge is 0.458 e. The van der Waals surface area contributed by atoms with Crippen molar-refractivity contribution in [1.82, 2.24) is 20.2 Å². The van der Waals surface area contributed by atoms with Crippen molar-refractivity contribution in [3.05, 3.63) is 56.4 Å². The summed E-state index contributed by atoms with van der Waals surface area (Å²) < 4.78 is 6.83. The molecule has 0 unspecified atom stereocenters. The number of ether oxygens (including phenoxy) is 1. The second-order valence-electron chi connectivity index (χ2n) is 13.5. The van der Waals surface area contributed by atoms with Crippen molar-refractivity contribution in [2.24, 2.45) is 11.8 Å². The number of benzene rings is 1. The van der Waals surface area contributed by atoms with Crippen LogP contribution in [-0.4, -0.2) is 50.4 Å². The Morgan fingerprint density at radius 2 is 1.70 bits per heavy atom. The third kappa shape index (κ3) is 5.28. The van der Waals surface area contributed by atoms with E-state index in [2.05, 4.69) is 16.0 Å². The Morgan fingerprint density at radius 1 is 0.979 bits per heavy atom. The van der Waals surface area contributed by atoms with Crippen LogP contribution in [-0.2, 0) is 55.5 Å². The summed E-state index contributed by atoms with van der Waals surface area (Å²) in [5.41, 5.74) is 3.81. The number of rotatable bonds is 8. The summed E-state index contributed by atoms with van der Waals surface area (Å²) in [6.07, 6.45) is 2.36. The van der Waals surface area contributed by atoms with Gasteiger partial charge in [0, 0.05) is 28.1 Å². The number of hydrogen-bond acceptors (Lipinski definition) is 8. The number of pyridine rings is 2. The molecule has 248 valence electrons. The van der Waals surface area contributed by atoms with Crippen LogP contribution in [0.4, 0.5) is 5.69 Å². The smallest absolute Gasteiger partial charge is 0.343 e. The highest BCUT2D eigenvalue weighted by molar-refractivity contribution is 6.02. The highest BCUT2D eigenvalue weighted by Gasteiger charge is 2.45. The van der Waals surface area contributed by atoms with Crippen molar-refractivity contribution in [3.63, 3.8) is 0 Å². The van der Waals surface area contributed by atoms with Gasteiger partial charge in [-0.3, -0.25) is 19.2 Å². The number of carbonyl (C=O) groups excluding carboxylic acids is 4. The molecule has 0 saturated heterocycles. The molecule has 3 aliphatic rings. The number of carbonyl (C=O) groups is 4. The summed E-state index contributed by atoms with van der Waals surface area (Å²) >= 11 is 0. The monoisotopic (exact) mass is 643 g/mol. The number of aryl methyl sites for hydroxylation is 2. The van der Waals surface area contributed by atoms with Gasteiger partial charge < -0.3 is 30.4 Å². The molecule has 3 amide bonds. The third-order valence-corrected chi connectivity index (χ3v) is 9.71. The normalized spacial score (nSPS) is 19.0. The van der Waals surface area contributed by atoms with Gasteiger partial charge >= 0.3 is 5.97 Å². The Morgan fingerprint density at radius 3 is 2.38 bits per heavy atom. The molecule has 3 aromatic rings. The van der Waals surface area contributed by atoms with Crippen LogP contribution >= 0.6 is 0 Å². The molecule has 3 atom stereocenters. The molecule has 1 aromatic carbocycles. The number of fused-ring (bicyclic) bond motifs is 5. The van der Waals surface area contributed by atoms with E-state index in [0.29, 0.717) is 30.0 Å². The summed E-state index contributed by atoms with van der Waals surface area (Å²) in [7, 11) is 0. The van der Waals surface area contributed by atoms with Gasteiger partial charge in [-0.05, 0) is 67.9 Å². The molecule has 4 heterocycles. The minimum Gasteiger partial charge on any atom is -0.458 e. The van der Waals surface area contributed by atoms with Crippen molar-refractivity contribution in [2.75, 3.05) is 5.32 Å². The number of nitrogens with one attached hydrogen (secondary N) is 3. The fourth-order valence-corrected chi connectivity index (χ4v) is 6.90. The van der Waals surface area contributed by atoms with E-state index >= 15 is 0 Å². The number of nitrogens with zero attached hydrogens (tertiary/aromatic N) is 2. The molecular weight excluding hydrogens is 602 g/mol. The topological polar surface area (TPSA) is 169 Å². The second-order valence-corrected chi connectivity index (χ2v) is 13.5. The lowest BCUT2D eigenvalue weighted by atomic mass is 9.85. The molecule has 0 spiro atoms. The fraction of sp³-hybridized carbons (Fsp3) is 0.486. The zero-order valence-electron chi connectivity index (χ0n) is 27.6. The lowest BCUT2D eigenvalue weighted by molar-refractivity contribution is -0.172. The van der Waals surface area contributed by atoms with Gasteiger partial charge in [0.05, 0.1) is 29.0 Å². The van der Waals surface area contributed by atoms with Gasteiger partial charge in [-0.15, -0.1) is 0 Å². The molecule has 0 bridgehead atoms. The van der Waals surface area contributed by atoms with Crippen LogP contribution in [0.3, 0.4) is 0 Å². The van der Waals surface area contributed by atoms with E-state index in [-0.39, 0.29) is 47.5 Å². The molecule has 12 heteroatoms. The zero-order valence-corrected chi connectivity index (χ0v) is 27.6.